The van der Waals surface area contributed by atoms with Gasteiger partial charge in [-0.3, -0.25) is 19.4 Å². The van der Waals surface area contributed by atoms with Gasteiger partial charge in [0, 0.05) is 12.0 Å². The molecule has 0 bridgehead atoms. The SMILES string of the molecule is NN(Cc1ccccc1)C(=O)N(CC(=O)c1ccc2c(c1)OCCCO2)C(=O)C=O. The lowest BCUT2D eigenvalue weighted by Crippen LogP contribution is -2.51. The van der Waals surface area contributed by atoms with Gasteiger partial charge in [0.25, 0.3) is 5.91 Å². The lowest BCUT2D eigenvalue weighted by Gasteiger charge is -2.24. The molecule has 9 nitrogen and oxygen atoms in total. The number of hydrazine groups is 1. The zero-order valence-corrected chi connectivity index (χ0v) is 16.2. The Labute approximate surface area is 172 Å². The Kier molecular flexibility index (Phi) is 6.76. The van der Waals surface area contributed by atoms with Gasteiger partial charge in [-0.25, -0.2) is 15.5 Å². The number of carbonyl (C=O) groups is 4. The van der Waals surface area contributed by atoms with Crippen LogP contribution < -0.4 is 15.3 Å². The number of nitrogens with two attached hydrogens (primary N) is 1. The Bertz CT molecular complexity index is 947. The number of rotatable bonds is 6. The van der Waals surface area contributed by atoms with Gasteiger partial charge in [-0.2, -0.15) is 0 Å². The fourth-order valence-electron chi connectivity index (χ4n) is 2.88. The number of hydrogen-bond donors (Lipinski definition) is 1. The lowest BCUT2D eigenvalue weighted by atomic mass is 10.1. The molecule has 1 aliphatic rings. The summed E-state index contributed by atoms with van der Waals surface area (Å²) in [5, 5.41) is 0.776. The number of hydrogen-bond acceptors (Lipinski definition) is 7. The number of benzene rings is 2. The number of nitrogens with zero attached hydrogens (tertiary/aromatic N) is 2. The van der Waals surface area contributed by atoms with Crippen LogP contribution in [0.2, 0.25) is 0 Å². The number of ether oxygens (including phenoxy) is 2. The van der Waals surface area contributed by atoms with Crippen LogP contribution in [0, 0.1) is 0 Å². The number of Topliss-reactive ketones (excluding diaryl/α,β-unsaturated/α-hetero) is 1. The van der Waals surface area contributed by atoms with Gasteiger partial charge in [-0.05, 0) is 23.8 Å². The second kappa shape index (κ2) is 9.66. The average Bonchev–Trinajstić information content (AvgIpc) is 3.01. The molecule has 0 atom stereocenters. The van der Waals surface area contributed by atoms with E-state index < -0.39 is 24.3 Å². The van der Waals surface area contributed by atoms with Gasteiger partial charge < -0.3 is 9.47 Å². The van der Waals surface area contributed by atoms with Gasteiger partial charge in [-0.15, -0.1) is 0 Å². The summed E-state index contributed by atoms with van der Waals surface area (Å²) in [5.41, 5.74) is 0.934. The van der Waals surface area contributed by atoms with Crippen LogP contribution in [0.25, 0.3) is 0 Å². The smallest absolute Gasteiger partial charge is 0.341 e. The minimum Gasteiger partial charge on any atom is -0.490 e. The van der Waals surface area contributed by atoms with Crippen molar-refractivity contribution in [2.45, 2.75) is 13.0 Å². The Morgan fingerprint density at radius 3 is 2.40 bits per heavy atom. The number of carbonyl (C=O) groups excluding carboxylic acids is 4. The Balaban J connectivity index is 1.75. The van der Waals surface area contributed by atoms with E-state index in [1.165, 1.54) is 12.1 Å². The molecule has 30 heavy (non-hydrogen) atoms. The normalized spacial score (nSPS) is 12.4. The van der Waals surface area contributed by atoms with Crippen LogP contribution in [0.1, 0.15) is 22.3 Å². The first-order valence-corrected chi connectivity index (χ1v) is 9.29. The summed E-state index contributed by atoms with van der Waals surface area (Å²) < 4.78 is 11.1. The van der Waals surface area contributed by atoms with Gasteiger partial charge in [0.15, 0.2) is 17.3 Å². The molecule has 0 aliphatic carbocycles. The van der Waals surface area contributed by atoms with Crippen molar-refractivity contribution in [1.29, 1.82) is 0 Å². The molecule has 2 aromatic rings. The van der Waals surface area contributed by atoms with Crippen LogP contribution in [-0.2, 0) is 16.1 Å². The highest BCUT2D eigenvalue weighted by Gasteiger charge is 2.28. The fraction of sp³-hybridized carbons (Fsp3) is 0.238. The van der Waals surface area contributed by atoms with Crippen LogP contribution in [0.3, 0.4) is 0 Å². The van der Waals surface area contributed by atoms with Gasteiger partial charge in [-0.1, -0.05) is 30.3 Å². The largest absolute Gasteiger partial charge is 0.490 e. The summed E-state index contributed by atoms with van der Waals surface area (Å²) in [7, 11) is 0. The quantitative estimate of drug-likeness (QED) is 0.191. The number of aldehydes is 1. The van der Waals surface area contributed by atoms with E-state index in [0.29, 0.717) is 36.0 Å². The topological polar surface area (TPSA) is 119 Å². The maximum atomic E-state index is 12.7. The first-order valence-electron chi connectivity index (χ1n) is 9.29. The molecule has 1 aliphatic heterocycles. The third-order valence-corrected chi connectivity index (χ3v) is 4.41. The van der Waals surface area contributed by atoms with E-state index in [9.17, 15) is 19.2 Å². The highest BCUT2D eigenvalue weighted by Crippen LogP contribution is 2.30. The van der Waals surface area contributed by atoms with Crippen molar-refractivity contribution in [3.8, 4) is 11.5 Å². The van der Waals surface area contributed by atoms with Gasteiger partial charge in [0.2, 0.25) is 6.29 Å². The molecule has 0 saturated carbocycles. The molecule has 0 spiro atoms. The van der Waals surface area contributed by atoms with Crippen molar-refractivity contribution in [3.05, 3.63) is 59.7 Å². The van der Waals surface area contributed by atoms with Crippen molar-refractivity contribution in [2.75, 3.05) is 19.8 Å². The molecule has 9 heteroatoms. The summed E-state index contributed by atoms with van der Waals surface area (Å²) in [5.74, 6) is 4.99. The monoisotopic (exact) mass is 411 g/mol. The molecule has 2 N–H and O–H groups in total. The van der Waals surface area contributed by atoms with Crippen LogP contribution in [0.5, 0.6) is 11.5 Å². The molecule has 0 radical (unpaired) electrons. The first-order chi connectivity index (χ1) is 14.5. The molecule has 0 fully saturated rings. The second-order valence-electron chi connectivity index (χ2n) is 6.57. The van der Waals surface area contributed by atoms with Crippen molar-refractivity contribution in [3.63, 3.8) is 0 Å². The molecule has 1 heterocycles. The molecule has 3 amide bonds. The second-order valence-corrected chi connectivity index (χ2v) is 6.57. The molecule has 2 aromatic carbocycles. The van der Waals surface area contributed by atoms with E-state index in [4.69, 9.17) is 15.3 Å². The summed E-state index contributed by atoms with van der Waals surface area (Å²) in [4.78, 5) is 48.9. The minimum absolute atomic E-state index is 0.000521. The Morgan fingerprint density at radius 1 is 1.00 bits per heavy atom. The van der Waals surface area contributed by atoms with E-state index in [1.54, 1.807) is 30.3 Å². The van der Waals surface area contributed by atoms with E-state index in [0.717, 1.165) is 10.6 Å². The van der Waals surface area contributed by atoms with Crippen LogP contribution >= 0.6 is 0 Å². The fourth-order valence-corrected chi connectivity index (χ4v) is 2.88. The third kappa shape index (κ3) is 5.00. The molecule has 0 unspecified atom stereocenters. The molecular formula is C21H21N3O6. The Morgan fingerprint density at radius 2 is 1.70 bits per heavy atom. The number of imide groups is 1. The van der Waals surface area contributed by atoms with Crippen LogP contribution in [0.4, 0.5) is 4.79 Å². The predicted octanol–water partition coefficient (Wildman–Crippen LogP) is 1.55. The summed E-state index contributed by atoms with van der Waals surface area (Å²) in [6.45, 7) is 0.309. The lowest BCUT2D eigenvalue weighted by molar-refractivity contribution is -0.136. The highest BCUT2D eigenvalue weighted by atomic mass is 16.5. The maximum Gasteiger partial charge on any atom is 0.341 e. The van der Waals surface area contributed by atoms with Crippen molar-refractivity contribution in [1.82, 2.24) is 9.91 Å². The third-order valence-electron chi connectivity index (χ3n) is 4.41. The zero-order chi connectivity index (χ0) is 21.5. The van der Waals surface area contributed by atoms with E-state index in [1.807, 2.05) is 6.07 Å². The van der Waals surface area contributed by atoms with Crippen molar-refractivity contribution in [2.24, 2.45) is 5.84 Å². The summed E-state index contributed by atoms with van der Waals surface area (Å²) >= 11 is 0. The number of ketones is 1. The molecule has 0 aromatic heterocycles. The van der Waals surface area contributed by atoms with E-state index in [-0.39, 0.29) is 18.4 Å². The molecule has 156 valence electrons. The number of fused-ring (bicyclic) bond motifs is 1. The average molecular weight is 411 g/mol. The highest BCUT2D eigenvalue weighted by molar-refractivity contribution is 6.28. The van der Waals surface area contributed by atoms with Crippen LogP contribution in [0.15, 0.2) is 48.5 Å². The standard InChI is InChI=1S/C21H21N3O6/c22-24(12-15-5-2-1-3-6-15)21(28)23(20(27)14-25)13-17(26)16-7-8-18-19(11-16)30-10-4-9-29-18/h1-3,5-8,11,14H,4,9-10,12-13,22H2. The van der Waals surface area contributed by atoms with Gasteiger partial charge in [0.1, 0.15) is 0 Å². The van der Waals surface area contributed by atoms with Crippen molar-refractivity contribution < 1.29 is 28.7 Å². The molecule has 0 saturated heterocycles. The van der Waals surface area contributed by atoms with E-state index in [2.05, 4.69) is 0 Å². The van der Waals surface area contributed by atoms with Crippen molar-refractivity contribution >= 4 is 24.0 Å². The van der Waals surface area contributed by atoms with Gasteiger partial charge >= 0.3 is 6.03 Å². The zero-order valence-electron chi connectivity index (χ0n) is 16.2. The van der Waals surface area contributed by atoms with E-state index >= 15 is 0 Å². The molecule has 3 rings (SSSR count). The molecular weight excluding hydrogens is 390 g/mol. The number of amides is 3. The maximum absolute atomic E-state index is 12.7. The minimum atomic E-state index is -1.16. The summed E-state index contributed by atoms with van der Waals surface area (Å²) in [6.07, 6.45) is 0.678. The van der Waals surface area contributed by atoms with Gasteiger partial charge in [0.05, 0.1) is 26.3 Å². The predicted molar refractivity (Wildman–Crippen MR) is 106 cm³/mol. The first kappa shape index (κ1) is 21.0. The Hall–Kier alpha value is -3.72. The number of urea groups is 1. The van der Waals surface area contributed by atoms with Crippen LogP contribution in [-0.4, -0.2) is 53.7 Å². The summed E-state index contributed by atoms with van der Waals surface area (Å²) in [6, 6.07) is 12.5.